The Hall–Kier alpha value is -0.310. The zero-order valence-electron chi connectivity index (χ0n) is 11.8. The minimum absolute atomic E-state index is 0.105. The first kappa shape index (κ1) is 17.7. The van der Waals surface area contributed by atoms with E-state index in [9.17, 15) is 19.4 Å². The van der Waals surface area contributed by atoms with Gasteiger partial charge in [-0.2, -0.15) is 0 Å². The Balaban J connectivity index is 2.63. The fraction of sp³-hybridized carbons (Fsp3) is 0.786. The lowest BCUT2D eigenvalue weighted by atomic mass is 9.88. The molecule has 116 valence electrons. The number of carboxylic acid groups (broad SMARTS) is 1. The summed E-state index contributed by atoms with van der Waals surface area (Å²) in [5.74, 6) is -0.358. The van der Waals surface area contributed by atoms with Crippen LogP contribution in [-0.4, -0.2) is 34.2 Å². The van der Waals surface area contributed by atoms with Crippen molar-refractivity contribution in [2.75, 3.05) is 18.2 Å². The Kier molecular flexibility index (Phi) is 7.86. The van der Waals surface area contributed by atoms with Gasteiger partial charge in [-0.05, 0) is 31.6 Å². The summed E-state index contributed by atoms with van der Waals surface area (Å²) < 4.78 is 12.1. The fourth-order valence-electron chi connectivity index (χ4n) is 2.58. The van der Waals surface area contributed by atoms with Gasteiger partial charge in [0, 0.05) is 17.6 Å². The van der Waals surface area contributed by atoms with E-state index in [0.29, 0.717) is 18.7 Å². The van der Waals surface area contributed by atoms with E-state index in [1.54, 1.807) is 6.08 Å². The Morgan fingerprint density at radius 2 is 1.90 bits per heavy atom. The first-order chi connectivity index (χ1) is 9.44. The molecule has 0 heterocycles. The van der Waals surface area contributed by atoms with Crippen molar-refractivity contribution in [2.24, 2.45) is 5.92 Å². The molecule has 0 aromatic rings. The Labute approximate surface area is 125 Å². The Bertz CT molecular complexity index is 389. The number of rotatable bonds is 8. The molecule has 0 spiro atoms. The maximum Gasteiger partial charge on any atom is 0.331 e. The van der Waals surface area contributed by atoms with Crippen molar-refractivity contribution in [3.63, 3.8) is 0 Å². The van der Waals surface area contributed by atoms with E-state index in [4.69, 9.17) is 11.6 Å². The number of carbonyl (C=O) groups is 1. The summed E-state index contributed by atoms with van der Waals surface area (Å²) in [7, 11) is -3.41. The first-order valence-electron chi connectivity index (χ1n) is 7.25. The second kappa shape index (κ2) is 8.86. The van der Waals surface area contributed by atoms with Gasteiger partial charge in [0.25, 0.3) is 0 Å². The van der Waals surface area contributed by atoms with Crippen LogP contribution in [0.25, 0.3) is 0 Å². The van der Waals surface area contributed by atoms with Crippen molar-refractivity contribution in [3.8, 4) is 0 Å². The highest BCUT2D eigenvalue weighted by atomic mass is 35.5. The van der Waals surface area contributed by atoms with Crippen molar-refractivity contribution >= 4 is 24.9 Å². The van der Waals surface area contributed by atoms with E-state index in [-0.39, 0.29) is 23.8 Å². The Morgan fingerprint density at radius 1 is 1.25 bits per heavy atom. The molecular formula is C14H24ClO4P. The lowest BCUT2D eigenvalue weighted by Gasteiger charge is -2.19. The molecule has 0 aromatic heterocycles. The molecule has 1 aliphatic carbocycles. The Morgan fingerprint density at radius 3 is 2.45 bits per heavy atom. The number of hydrogen-bond acceptors (Lipinski definition) is 2. The van der Waals surface area contributed by atoms with Crippen LogP contribution in [0.4, 0.5) is 0 Å². The molecule has 0 radical (unpaired) electrons. The smallest absolute Gasteiger partial charge is 0.331 e. The molecule has 0 amide bonds. The standard InChI is InChI=1S/C14H24ClO4P/c15-8-4-5-9-20(18,19)11-13(14(16)17)10-12-6-2-1-3-7-12/h10,12H,1-9,11H2,(H,16,17)(H,18,19)/b13-10+. The lowest BCUT2D eigenvalue weighted by molar-refractivity contribution is -0.132. The SMILES string of the molecule is O=C(O)/C(=C/C1CCCCC1)CP(=O)(O)CCCCCl. The normalized spacial score (nSPS) is 20.6. The fourth-order valence-corrected chi connectivity index (χ4v) is 4.41. The molecule has 1 saturated carbocycles. The molecule has 6 heteroatoms. The van der Waals surface area contributed by atoms with Gasteiger partial charge in [0.15, 0.2) is 0 Å². The molecule has 4 nitrogen and oxygen atoms in total. The molecule has 1 unspecified atom stereocenters. The zero-order chi connectivity index (χ0) is 15.0. The summed E-state index contributed by atoms with van der Waals surface area (Å²) in [5.41, 5.74) is 0.105. The monoisotopic (exact) mass is 322 g/mol. The molecule has 2 N–H and O–H groups in total. The van der Waals surface area contributed by atoms with Crippen LogP contribution in [0.3, 0.4) is 0 Å². The van der Waals surface area contributed by atoms with Gasteiger partial charge in [-0.25, -0.2) is 4.79 Å². The average Bonchev–Trinajstić information content (AvgIpc) is 2.39. The second-order valence-electron chi connectivity index (χ2n) is 5.52. The molecule has 1 aliphatic rings. The average molecular weight is 323 g/mol. The van der Waals surface area contributed by atoms with E-state index in [1.165, 1.54) is 6.42 Å². The van der Waals surface area contributed by atoms with Crippen LogP contribution in [-0.2, 0) is 9.36 Å². The number of hydrogen-bond donors (Lipinski definition) is 2. The lowest BCUT2D eigenvalue weighted by Crippen LogP contribution is -2.12. The zero-order valence-corrected chi connectivity index (χ0v) is 13.4. The first-order valence-corrected chi connectivity index (χ1v) is 9.82. The van der Waals surface area contributed by atoms with Gasteiger partial charge < -0.3 is 10.00 Å². The maximum absolute atomic E-state index is 12.1. The number of alkyl halides is 1. The summed E-state index contributed by atoms with van der Waals surface area (Å²) in [6.07, 6.45) is 8.28. The number of unbranched alkanes of at least 4 members (excludes halogenated alkanes) is 1. The number of carboxylic acids is 1. The molecule has 0 aliphatic heterocycles. The summed E-state index contributed by atoms with van der Waals surface area (Å²) in [6.45, 7) is 0. The molecule has 1 atom stereocenters. The predicted octanol–water partition coefficient (Wildman–Crippen LogP) is 3.87. The van der Waals surface area contributed by atoms with E-state index >= 15 is 0 Å². The van der Waals surface area contributed by atoms with Gasteiger partial charge in [0.05, 0.1) is 6.16 Å². The van der Waals surface area contributed by atoms with E-state index in [1.807, 2.05) is 0 Å². The van der Waals surface area contributed by atoms with Gasteiger partial charge >= 0.3 is 5.97 Å². The van der Waals surface area contributed by atoms with Crippen molar-refractivity contribution in [1.29, 1.82) is 0 Å². The van der Waals surface area contributed by atoms with Crippen molar-refractivity contribution in [2.45, 2.75) is 44.9 Å². The van der Waals surface area contributed by atoms with Crippen molar-refractivity contribution in [1.82, 2.24) is 0 Å². The van der Waals surface area contributed by atoms with Crippen molar-refractivity contribution < 1.29 is 19.4 Å². The second-order valence-corrected chi connectivity index (χ2v) is 8.35. The largest absolute Gasteiger partial charge is 0.478 e. The predicted molar refractivity (Wildman–Crippen MR) is 81.8 cm³/mol. The highest BCUT2D eigenvalue weighted by Crippen LogP contribution is 2.43. The molecular weight excluding hydrogens is 299 g/mol. The van der Waals surface area contributed by atoms with Gasteiger partial charge in [-0.1, -0.05) is 25.3 Å². The highest BCUT2D eigenvalue weighted by Gasteiger charge is 2.24. The third-order valence-electron chi connectivity index (χ3n) is 3.67. The highest BCUT2D eigenvalue weighted by molar-refractivity contribution is 7.58. The topological polar surface area (TPSA) is 74.6 Å². The number of aliphatic carboxylic acids is 1. The quantitative estimate of drug-likeness (QED) is 0.308. The van der Waals surface area contributed by atoms with Gasteiger partial charge in [-0.15, -0.1) is 11.6 Å². The summed E-state index contributed by atoms with van der Waals surface area (Å²) in [4.78, 5) is 21.2. The van der Waals surface area contributed by atoms with Gasteiger partial charge in [-0.3, -0.25) is 4.57 Å². The minimum atomic E-state index is -3.41. The van der Waals surface area contributed by atoms with Crippen LogP contribution < -0.4 is 0 Å². The van der Waals surface area contributed by atoms with E-state index < -0.39 is 13.3 Å². The third-order valence-corrected chi connectivity index (χ3v) is 5.79. The third kappa shape index (κ3) is 6.92. The molecule has 0 bridgehead atoms. The summed E-state index contributed by atoms with van der Waals surface area (Å²) in [6, 6.07) is 0. The van der Waals surface area contributed by atoms with E-state index in [2.05, 4.69) is 0 Å². The number of halogens is 1. The van der Waals surface area contributed by atoms with Crippen LogP contribution in [0.15, 0.2) is 11.6 Å². The molecule has 1 fully saturated rings. The maximum atomic E-state index is 12.1. The summed E-state index contributed by atoms with van der Waals surface area (Å²) in [5, 5.41) is 9.22. The molecule has 20 heavy (non-hydrogen) atoms. The number of allylic oxidation sites excluding steroid dienone is 1. The van der Waals surface area contributed by atoms with Gasteiger partial charge in [0.1, 0.15) is 0 Å². The van der Waals surface area contributed by atoms with Crippen LogP contribution >= 0.6 is 19.0 Å². The van der Waals surface area contributed by atoms with Crippen LogP contribution in [0.5, 0.6) is 0 Å². The van der Waals surface area contributed by atoms with Crippen LogP contribution in [0.1, 0.15) is 44.9 Å². The van der Waals surface area contributed by atoms with Gasteiger partial charge in [0.2, 0.25) is 7.37 Å². The van der Waals surface area contributed by atoms with Crippen LogP contribution in [0, 0.1) is 5.92 Å². The summed E-state index contributed by atoms with van der Waals surface area (Å²) >= 11 is 5.54. The minimum Gasteiger partial charge on any atom is -0.478 e. The molecule has 0 saturated heterocycles. The van der Waals surface area contributed by atoms with E-state index in [0.717, 1.165) is 25.7 Å². The van der Waals surface area contributed by atoms with Crippen LogP contribution in [0.2, 0.25) is 0 Å². The van der Waals surface area contributed by atoms with Crippen molar-refractivity contribution in [3.05, 3.63) is 11.6 Å². The molecule has 0 aromatic carbocycles. The molecule has 1 rings (SSSR count).